The summed E-state index contributed by atoms with van der Waals surface area (Å²) in [5, 5.41) is 2.35. The molecule has 0 aliphatic carbocycles. The summed E-state index contributed by atoms with van der Waals surface area (Å²) in [6.07, 6.45) is 3.30. The minimum Gasteiger partial charge on any atom is -0.364 e. The number of hydrogen-bond acceptors (Lipinski definition) is 4. The maximum atomic E-state index is 13.5. The highest BCUT2D eigenvalue weighted by Crippen LogP contribution is 2.45. The second-order valence-corrected chi connectivity index (χ2v) is 10.6. The molecule has 0 radical (unpaired) electrons. The number of benzene rings is 2. The molecule has 2 heterocycles. The van der Waals surface area contributed by atoms with Crippen LogP contribution in [0.3, 0.4) is 0 Å². The zero-order chi connectivity index (χ0) is 25.7. The molecule has 0 aromatic heterocycles. The van der Waals surface area contributed by atoms with Crippen LogP contribution in [0.25, 0.3) is 6.08 Å². The van der Waals surface area contributed by atoms with E-state index in [-0.39, 0.29) is 11.1 Å². The number of fused-ring (bicyclic) bond motifs is 1. The molecule has 4 amide bonds. The van der Waals surface area contributed by atoms with Crippen LogP contribution in [0.4, 0.5) is 16.2 Å². The fraction of sp³-hybridized carbons (Fsp3) is 0.414. The number of nitrogens with zero attached hydrogens (tertiary/aromatic N) is 2. The SMILES string of the molecule is CCc1ccccc1N1C(=O)NC(=O)/C(=C\c2cc3c(cc2C)N(C(C)C)C(C)(C)C[C@@H]3C)C1=O. The molecule has 2 aliphatic rings. The van der Waals surface area contributed by atoms with Gasteiger partial charge < -0.3 is 4.90 Å². The van der Waals surface area contributed by atoms with Crippen molar-refractivity contribution in [3.63, 3.8) is 0 Å². The van der Waals surface area contributed by atoms with Crippen molar-refractivity contribution >= 4 is 35.3 Å². The van der Waals surface area contributed by atoms with Gasteiger partial charge in [-0.3, -0.25) is 14.9 Å². The lowest BCUT2D eigenvalue weighted by Crippen LogP contribution is -2.54. The summed E-state index contributed by atoms with van der Waals surface area (Å²) in [4.78, 5) is 42.5. The number of carbonyl (C=O) groups excluding carboxylic acids is 3. The molecule has 35 heavy (non-hydrogen) atoms. The van der Waals surface area contributed by atoms with E-state index in [1.807, 2.05) is 26.0 Å². The lowest BCUT2D eigenvalue weighted by Gasteiger charge is -2.50. The molecule has 184 valence electrons. The van der Waals surface area contributed by atoms with E-state index in [0.717, 1.165) is 28.0 Å². The molecule has 1 saturated heterocycles. The molecule has 1 N–H and O–H groups in total. The van der Waals surface area contributed by atoms with Gasteiger partial charge in [-0.25, -0.2) is 9.69 Å². The number of carbonyl (C=O) groups is 3. The number of aryl methyl sites for hydroxylation is 2. The standard InChI is InChI=1S/C29H35N3O3/c1-8-20-11-9-10-12-24(20)31-27(34)23(26(33)30-28(31)35)15-21-14-22-19(5)16-29(6,7)32(17(2)3)25(22)13-18(21)4/h9-15,17,19H,8,16H2,1-7H3,(H,30,33,35)/b23-15+/t19-/m0/s1. The largest absolute Gasteiger partial charge is 0.364 e. The quantitative estimate of drug-likeness (QED) is 0.455. The molecule has 2 aromatic carbocycles. The summed E-state index contributed by atoms with van der Waals surface area (Å²) >= 11 is 0. The molecule has 4 rings (SSSR count). The van der Waals surface area contributed by atoms with E-state index in [0.29, 0.717) is 24.1 Å². The van der Waals surface area contributed by atoms with E-state index in [4.69, 9.17) is 0 Å². The minimum atomic E-state index is -0.719. The van der Waals surface area contributed by atoms with Crippen molar-refractivity contribution in [1.29, 1.82) is 0 Å². The van der Waals surface area contributed by atoms with E-state index >= 15 is 0 Å². The Morgan fingerprint density at radius 2 is 1.80 bits per heavy atom. The highest BCUT2D eigenvalue weighted by molar-refractivity contribution is 6.39. The van der Waals surface area contributed by atoms with Crippen molar-refractivity contribution < 1.29 is 14.4 Å². The lowest BCUT2D eigenvalue weighted by atomic mass is 9.78. The van der Waals surface area contributed by atoms with Crippen LogP contribution in [0.15, 0.2) is 42.0 Å². The molecule has 6 heteroatoms. The third-order valence-electron chi connectivity index (χ3n) is 7.19. The van der Waals surface area contributed by atoms with Crippen LogP contribution in [0.1, 0.15) is 76.1 Å². The summed E-state index contributed by atoms with van der Waals surface area (Å²) in [5.41, 5.74) is 5.56. The number of barbiturate groups is 1. The van der Waals surface area contributed by atoms with Crippen LogP contribution in [-0.4, -0.2) is 29.4 Å². The Morgan fingerprint density at radius 1 is 1.11 bits per heavy atom. The lowest BCUT2D eigenvalue weighted by molar-refractivity contribution is -0.122. The average molecular weight is 474 g/mol. The van der Waals surface area contributed by atoms with E-state index in [1.165, 1.54) is 11.3 Å². The topological polar surface area (TPSA) is 69.7 Å². The molecule has 2 aromatic rings. The van der Waals surface area contributed by atoms with Crippen LogP contribution in [0, 0.1) is 6.92 Å². The molecule has 1 fully saturated rings. The number of para-hydroxylation sites is 1. The van der Waals surface area contributed by atoms with Crippen LogP contribution in [-0.2, 0) is 16.0 Å². The average Bonchev–Trinajstić information content (AvgIpc) is 2.76. The second-order valence-electron chi connectivity index (χ2n) is 10.6. The van der Waals surface area contributed by atoms with Gasteiger partial charge in [0.15, 0.2) is 0 Å². The summed E-state index contributed by atoms with van der Waals surface area (Å²) in [7, 11) is 0. The Morgan fingerprint density at radius 3 is 2.46 bits per heavy atom. The summed E-state index contributed by atoms with van der Waals surface area (Å²) < 4.78 is 0. The highest BCUT2D eigenvalue weighted by Gasteiger charge is 2.39. The highest BCUT2D eigenvalue weighted by atomic mass is 16.2. The molecular weight excluding hydrogens is 438 g/mol. The van der Waals surface area contributed by atoms with Crippen molar-refractivity contribution in [3.8, 4) is 0 Å². The first-order chi connectivity index (χ1) is 16.5. The first-order valence-electron chi connectivity index (χ1n) is 12.4. The first kappa shape index (κ1) is 24.7. The smallest absolute Gasteiger partial charge is 0.335 e. The monoisotopic (exact) mass is 473 g/mol. The van der Waals surface area contributed by atoms with Crippen LogP contribution >= 0.6 is 0 Å². The van der Waals surface area contributed by atoms with E-state index in [1.54, 1.807) is 18.2 Å². The maximum absolute atomic E-state index is 13.5. The predicted molar refractivity (Wildman–Crippen MR) is 141 cm³/mol. The Labute approximate surface area is 208 Å². The van der Waals surface area contributed by atoms with Crippen molar-refractivity contribution in [2.45, 2.75) is 78.8 Å². The van der Waals surface area contributed by atoms with Gasteiger partial charge in [-0.2, -0.15) is 0 Å². The molecule has 0 unspecified atom stereocenters. The Bertz CT molecular complexity index is 1240. The van der Waals surface area contributed by atoms with E-state index in [2.05, 4.69) is 57.0 Å². The number of rotatable bonds is 4. The summed E-state index contributed by atoms with van der Waals surface area (Å²) in [6, 6.07) is 11.2. The van der Waals surface area contributed by atoms with Gasteiger partial charge >= 0.3 is 6.03 Å². The van der Waals surface area contributed by atoms with E-state index < -0.39 is 17.8 Å². The maximum Gasteiger partial charge on any atom is 0.335 e. The normalized spacial score (nSPS) is 21.0. The van der Waals surface area contributed by atoms with E-state index in [9.17, 15) is 14.4 Å². The molecule has 6 nitrogen and oxygen atoms in total. The predicted octanol–water partition coefficient (Wildman–Crippen LogP) is 5.72. The van der Waals surface area contributed by atoms with Crippen LogP contribution in [0.2, 0.25) is 0 Å². The van der Waals surface area contributed by atoms with Crippen LogP contribution < -0.4 is 15.1 Å². The van der Waals surface area contributed by atoms with Gasteiger partial charge in [0.25, 0.3) is 11.8 Å². The molecule has 0 saturated carbocycles. The first-order valence-corrected chi connectivity index (χ1v) is 12.4. The van der Waals surface area contributed by atoms with Crippen molar-refractivity contribution in [2.24, 2.45) is 0 Å². The summed E-state index contributed by atoms with van der Waals surface area (Å²) in [6.45, 7) is 15.2. The number of amides is 4. The fourth-order valence-corrected chi connectivity index (χ4v) is 5.81. The van der Waals surface area contributed by atoms with Crippen molar-refractivity contribution in [3.05, 3.63) is 64.2 Å². The molecule has 1 atom stereocenters. The van der Waals surface area contributed by atoms with Gasteiger partial charge in [0.2, 0.25) is 0 Å². The molecule has 2 aliphatic heterocycles. The van der Waals surface area contributed by atoms with Crippen LogP contribution in [0.5, 0.6) is 0 Å². The van der Waals surface area contributed by atoms with Gasteiger partial charge in [0, 0.05) is 17.3 Å². The Kier molecular flexibility index (Phi) is 6.34. The van der Waals surface area contributed by atoms with Gasteiger partial charge in [-0.1, -0.05) is 32.0 Å². The molecule has 0 bridgehead atoms. The minimum absolute atomic E-state index is 0.0275. The second kappa shape index (κ2) is 8.99. The van der Waals surface area contributed by atoms with Gasteiger partial charge in [-0.15, -0.1) is 0 Å². The van der Waals surface area contributed by atoms with Gasteiger partial charge in [0.05, 0.1) is 5.69 Å². The third-order valence-corrected chi connectivity index (χ3v) is 7.19. The van der Waals surface area contributed by atoms with Crippen molar-refractivity contribution in [2.75, 3.05) is 9.80 Å². The summed E-state index contributed by atoms with van der Waals surface area (Å²) in [5.74, 6) is -0.937. The molecule has 0 spiro atoms. The van der Waals surface area contributed by atoms with Gasteiger partial charge in [-0.05, 0) is 99.9 Å². The number of nitrogens with one attached hydrogen (secondary N) is 1. The van der Waals surface area contributed by atoms with Crippen molar-refractivity contribution in [1.82, 2.24) is 5.32 Å². The number of urea groups is 1. The zero-order valence-corrected chi connectivity index (χ0v) is 21.7. The third kappa shape index (κ3) is 4.26. The molecular formula is C29H35N3O3. The number of hydrogen-bond donors (Lipinski definition) is 1. The fourth-order valence-electron chi connectivity index (χ4n) is 5.81. The Hall–Kier alpha value is -3.41. The number of imide groups is 2. The van der Waals surface area contributed by atoms with Gasteiger partial charge in [0.1, 0.15) is 5.57 Å². The Balaban J connectivity index is 1.80. The number of anilines is 2. The zero-order valence-electron chi connectivity index (χ0n) is 21.7.